The van der Waals surface area contributed by atoms with Gasteiger partial charge >= 0.3 is 5.97 Å². The highest BCUT2D eigenvalue weighted by molar-refractivity contribution is 5.82. The van der Waals surface area contributed by atoms with Gasteiger partial charge in [0.15, 0.2) is 0 Å². The van der Waals surface area contributed by atoms with Crippen molar-refractivity contribution in [2.24, 2.45) is 11.1 Å². The molecule has 5 nitrogen and oxygen atoms in total. The molecule has 0 saturated heterocycles. The molecule has 1 aromatic carbocycles. The van der Waals surface area contributed by atoms with E-state index in [1.54, 1.807) is 12.1 Å². The van der Waals surface area contributed by atoms with Gasteiger partial charge in [0.1, 0.15) is 5.82 Å². The number of hydrogen-bond donors (Lipinski definition) is 3. The van der Waals surface area contributed by atoms with Crippen molar-refractivity contribution in [3.05, 3.63) is 35.6 Å². The van der Waals surface area contributed by atoms with Crippen molar-refractivity contribution in [3.8, 4) is 0 Å². The highest BCUT2D eigenvalue weighted by Crippen LogP contribution is 2.38. The van der Waals surface area contributed by atoms with Gasteiger partial charge in [-0.25, -0.2) is 4.39 Å². The van der Waals surface area contributed by atoms with Crippen molar-refractivity contribution in [1.82, 2.24) is 5.32 Å². The van der Waals surface area contributed by atoms with E-state index in [1.807, 2.05) is 0 Å². The minimum atomic E-state index is -0.832. The van der Waals surface area contributed by atoms with Crippen LogP contribution in [0.2, 0.25) is 0 Å². The minimum absolute atomic E-state index is 0.0699. The maximum Gasteiger partial charge on any atom is 0.303 e. The van der Waals surface area contributed by atoms with E-state index >= 15 is 0 Å². The van der Waals surface area contributed by atoms with Crippen molar-refractivity contribution >= 4 is 11.9 Å². The second kappa shape index (κ2) is 8.24. The number of carboxylic acids is 1. The fourth-order valence-electron chi connectivity index (χ4n) is 3.41. The summed E-state index contributed by atoms with van der Waals surface area (Å²) in [5.41, 5.74) is 6.35. The van der Waals surface area contributed by atoms with E-state index in [0.717, 1.165) is 37.7 Å². The lowest BCUT2D eigenvalue weighted by Crippen LogP contribution is -2.47. The molecule has 4 N–H and O–H groups in total. The molecule has 0 aromatic heterocycles. The average Bonchev–Trinajstić information content (AvgIpc) is 2.55. The van der Waals surface area contributed by atoms with Crippen molar-refractivity contribution in [1.29, 1.82) is 0 Å². The van der Waals surface area contributed by atoms with Gasteiger partial charge in [0.2, 0.25) is 5.91 Å². The first-order valence-corrected chi connectivity index (χ1v) is 8.40. The van der Waals surface area contributed by atoms with Crippen LogP contribution in [0.15, 0.2) is 24.3 Å². The van der Waals surface area contributed by atoms with Crippen LogP contribution in [0.4, 0.5) is 4.39 Å². The van der Waals surface area contributed by atoms with E-state index in [4.69, 9.17) is 10.8 Å². The Morgan fingerprint density at radius 1 is 1.21 bits per heavy atom. The lowest BCUT2D eigenvalue weighted by atomic mass is 9.71. The average molecular weight is 336 g/mol. The van der Waals surface area contributed by atoms with Crippen molar-refractivity contribution in [2.75, 3.05) is 6.54 Å². The number of amides is 1. The van der Waals surface area contributed by atoms with Crippen LogP contribution in [-0.4, -0.2) is 29.6 Å². The molecule has 1 saturated carbocycles. The number of hydrogen-bond acceptors (Lipinski definition) is 3. The smallest absolute Gasteiger partial charge is 0.303 e. The molecule has 1 aliphatic rings. The molecule has 132 valence electrons. The summed E-state index contributed by atoms with van der Waals surface area (Å²) in [7, 11) is 0. The summed E-state index contributed by atoms with van der Waals surface area (Å²) in [6, 6.07) is 5.15. The SMILES string of the molecule is N[C@H](Cc1ccc(F)cc1)C(=O)NCC1(CC(=O)O)CCCCC1. The lowest BCUT2D eigenvalue weighted by Gasteiger charge is -2.36. The topological polar surface area (TPSA) is 92.4 Å². The fourth-order valence-corrected chi connectivity index (χ4v) is 3.41. The van der Waals surface area contributed by atoms with Crippen LogP contribution in [0, 0.1) is 11.2 Å². The first kappa shape index (κ1) is 18.4. The summed E-state index contributed by atoms with van der Waals surface area (Å²) < 4.78 is 12.9. The molecule has 0 radical (unpaired) electrons. The van der Waals surface area contributed by atoms with Crippen LogP contribution < -0.4 is 11.1 Å². The van der Waals surface area contributed by atoms with Crippen LogP contribution in [-0.2, 0) is 16.0 Å². The zero-order chi connectivity index (χ0) is 17.6. The molecule has 1 aliphatic carbocycles. The molecule has 0 heterocycles. The Balaban J connectivity index is 1.89. The van der Waals surface area contributed by atoms with Gasteiger partial charge < -0.3 is 16.2 Å². The van der Waals surface area contributed by atoms with Crippen LogP contribution in [0.5, 0.6) is 0 Å². The second-order valence-electron chi connectivity index (χ2n) is 6.79. The van der Waals surface area contributed by atoms with Crippen LogP contribution in [0.1, 0.15) is 44.1 Å². The number of halogens is 1. The Kier molecular flexibility index (Phi) is 6.31. The van der Waals surface area contributed by atoms with E-state index in [9.17, 15) is 14.0 Å². The molecule has 0 unspecified atom stereocenters. The third-order valence-electron chi connectivity index (χ3n) is 4.78. The van der Waals surface area contributed by atoms with Gasteiger partial charge in [0, 0.05) is 6.54 Å². The fraction of sp³-hybridized carbons (Fsp3) is 0.556. The Bertz CT molecular complexity index is 568. The van der Waals surface area contributed by atoms with E-state index in [1.165, 1.54) is 12.1 Å². The van der Waals surface area contributed by atoms with Gasteiger partial charge in [-0.05, 0) is 42.4 Å². The third kappa shape index (κ3) is 5.30. The van der Waals surface area contributed by atoms with Gasteiger partial charge in [-0.15, -0.1) is 0 Å². The van der Waals surface area contributed by atoms with Gasteiger partial charge in [-0.1, -0.05) is 31.4 Å². The maximum absolute atomic E-state index is 12.9. The van der Waals surface area contributed by atoms with E-state index < -0.39 is 12.0 Å². The highest BCUT2D eigenvalue weighted by atomic mass is 19.1. The number of nitrogens with two attached hydrogens (primary N) is 1. The molecule has 24 heavy (non-hydrogen) atoms. The number of carbonyl (C=O) groups is 2. The van der Waals surface area contributed by atoms with Gasteiger partial charge in [-0.2, -0.15) is 0 Å². The number of nitrogens with one attached hydrogen (secondary N) is 1. The van der Waals surface area contributed by atoms with Crippen molar-refractivity contribution in [2.45, 2.75) is 51.0 Å². The summed E-state index contributed by atoms with van der Waals surface area (Å²) >= 11 is 0. The lowest BCUT2D eigenvalue weighted by molar-refractivity contribution is -0.140. The van der Waals surface area contributed by atoms with Gasteiger partial charge in [0.25, 0.3) is 0 Å². The van der Waals surface area contributed by atoms with Gasteiger partial charge in [0.05, 0.1) is 12.5 Å². The molecule has 6 heteroatoms. The maximum atomic E-state index is 12.9. The van der Waals surface area contributed by atoms with E-state index in [0.29, 0.717) is 13.0 Å². The largest absolute Gasteiger partial charge is 0.481 e. The van der Waals surface area contributed by atoms with Crippen molar-refractivity contribution in [3.63, 3.8) is 0 Å². The predicted molar refractivity (Wildman–Crippen MR) is 88.9 cm³/mol. The van der Waals surface area contributed by atoms with Crippen molar-refractivity contribution < 1.29 is 19.1 Å². The molecule has 0 aliphatic heterocycles. The summed E-state index contributed by atoms with van der Waals surface area (Å²) in [6.45, 7) is 0.343. The number of carboxylic acid groups (broad SMARTS) is 1. The standard InChI is InChI=1S/C18H25FN2O3/c19-14-6-4-13(5-7-14)10-15(20)17(24)21-12-18(11-16(22)23)8-2-1-3-9-18/h4-7,15H,1-3,8-12,20H2,(H,21,24)(H,22,23)/t15-/m1/s1. The molecule has 1 fully saturated rings. The Morgan fingerprint density at radius 2 is 1.83 bits per heavy atom. The molecule has 0 bridgehead atoms. The van der Waals surface area contributed by atoms with E-state index in [2.05, 4.69) is 5.32 Å². The van der Waals surface area contributed by atoms with Crippen LogP contribution >= 0.6 is 0 Å². The molecule has 1 atom stereocenters. The third-order valence-corrected chi connectivity index (χ3v) is 4.78. The molecule has 1 amide bonds. The zero-order valence-corrected chi connectivity index (χ0v) is 13.8. The zero-order valence-electron chi connectivity index (χ0n) is 13.8. The first-order valence-electron chi connectivity index (χ1n) is 8.40. The summed E-state index contributed by atoms with van der Waals surface area (Å²) in [4.78, 5) is 23.4. The predicted octanol–water partition coefficient (Wildman–Crippen LogP) is 2.24. The Hall–Kier alpha value is -1.95. The Labute approximate surface area is 141 Å². The number of benzene rings is 1. The molecule has 2 rings (SSSR count). The summed E-state index contributed by atoms with van der Waals surface area (Å²) in [6.07, 6.45) is 5.10. The molecular weight excluding hydrogens is 311 g/mol. The monoisotopic (exact) mass is 336 g/mol. The summed E-state index contributed by atoms with van der Waals surface area (Å²) in [5.74, 6) is -1.46. The van der Waals surface area contributed by atoms with Gasteiger partial charge in [-0.3, -0.25) is 9.59 Å². The minimum Gasteiger partial charge on any atom is -0.481 e. The summed E-state index contributed by atoms with van der Waals surface area (Å²) in [5, 5.41) is 12.0. The Morgan fingerprint density at radius 3 is 2.42 bits per heavy atom. The number of rotatable bonds is 7. The second-order valence-corrected chi connectivity index (χ2v) is 6.79. The van der Waals surface area contributed by atoms with Crippen LogP contribution in [0.3, 0.4) is 0 Å². The number of aliphatic carboxylic acids is 1. The molecule has 0 spiro atoms. The van der Waals surface area contributed by atoms with Crippen LogP contribution in [0.25, 0.3) is 0 Å². The van der Waals surface area contributed by atoms with E-state index in [-0.39, 0.29) is 23.6 Å². The first-order chi connectivity index (χ1) is 11.4. The normalized spacial score (nSPS) is 17.9. The highest BCUT2D eigenvalue weighted by Gasteiger charge is 2.35. The number of carbonyl (C=O) groups excluding carboxylic acids is 1. The quantitative estimate of drug-likeness (QED) is 0.712. The molecular formula is C18H25FN2O3. The molecule has 1 aromatic rings.